The van der Waals surface area contributed by atoms with Crippen LogP contribution in [0.3, 0.4) is 0 Å². The SMILES string of the molecule is CC1CNCC1C(=O)Nc1ncccc1Br. The lowest BCUT2D eigenvalue weighted by molar-refractivity contribution is -0.120. The minimum Gasteiger partial charge on any atom is -0.316 e. The van der Waals surface area contributed by atoms with Gasteiger partial charge in [0.15, 0.2) is 0 Å². The van der Waals surface area contributed by atoms with E-state index in [4.69, 9.17) is 0 Å². The van der Waals surface area contributed by atoms with Crippen molar-refractivity contribution in [3.8, 4) is 0 Å². The standard InChI is InChI=1S/C11H14BrN3O/c1-7-5-13-6-8(7)11(16)15-10-9(12)3-2-4-14-10/h2-4,7-8,13H,5-6H2,1H3,(H,14,15,16). The molecule has 1 amide bonds. The Labute approximate surface area is 103 Å². The Morgan fingerprint density at radius 3 is 3.06 bits per heavy atom. The van der Waals surface area contributed by atoms with Gasteiger partial charge < -0.3 is 10.6 Å². The first kappa shape index (κ1) is 11.5. The van der Waals surface area contributed by atoms with E-state index in [1.807, 2.05) is 12.1 Å². The predicted molar refractivity (Wildman–Crippen MR) is 66.1 cm³/mol. The molecule has 5 heteroatoms. The van der Waals surface area contributed by atoms with Gasteiger partial charge in [0.1, 0.15) is 5.82 Å². The molecule has 0 aromatic carbocycles. The van der Waals surface area contributed by atoms with Gasteiger partial charge in [-0.1, -0.05) is 6.92 Å². The quantitative estimate of drug-likeness (QED) is 0.868. The zero-order valence-electron chi connectivity index (χ0n) is 9.03. The molecule has 1 aromatic rings. The number of aromatic nitrogens is 1. The van der Waals surface area contributed by atoms with Gasteiger partial charge in [-0.2, -0.15) is 0 Å². The molecule has 2 atom stereocenters. The first-order valence-electron chi connectivity index (χ1n) is 5.30. The second kappa shape index (κ2) is 4.93. The van der Waals surface area contributed by atoms with Crippen LogP contribution in [0.4, 0.5) is 5.82 Å². The van der Waals surface area contributed by atoms with Crippen LogP contribution in [0.2, 0.25) is 0 Å². The van der Waals surface area contributed by atoms with Crippen LogP contribution in [0.1, 0.15) is 6.92 Å². The van der Waals surface area contributed by atoms with E-state index in [0.717, 1.165) is 17.6 Å². The maximum Gasteiger partial charge on any atom is 0.230 e. The molecular formula is C11H14BrN3O. The summed E-state index contributed by atoms with van der Waals surface area (Å²) in [5, 5.41) is 6.06. The summed E-state index contributed by atoms with van der Waals surface area (Å²) in [5.41, 5.74) is 0. The van der Waals surface area contributed by atoms with Crippen LogP contribution in [0, 0.1) is 11.8 Å². The topological polar surface area (TPSA) is 54.0 Å². The van der Waals surface area contributed by atoms with Crippen molar-refractivity contribution in [3.05, 3.63) is 22.8 Å². The van der Waals surface area contributed by atoms with Crippen molar-refractivity contribution in [3.63, 3.8) is 0 Å². The van der Waals surface area contributed by atoms with Crippen LogP contribution in [-0.4, -0.2) is 24.0 Å². The summed E-state index contributed by atoms with van der Waals surface area (Å²) < 4.78 is 0.807. The van der Waals surface area contributed by atoms with E-state index in [-0.39, 0.29) is 11.8 Å². The summed E-state index contributed by atoms with van der Waals surface area (Å²) in [6.45, 7) is 3.73. The Morgan fingerprint density at radius 1 is 1.62 bits per heavy atom. The van der Waals surface area contributed by atoms with E-state index in [2.05, 4.69) is 38.5 Å². The van der Waals surface area contributed by atoms with Crippen molar-refractivity contribution in [2.24, 2.45) is 11.8 Å². The van der Waals surface area contributed by atoms with Crippen molar-refractivity contribution in [2.75, 3.05) is 18.4 Å². The highest BCUT2D eigenvalue weighted by Gasteiger charge is 2.29. The second-order valence-corrected chi connectivity index (χ2v) is 4.92. The molecule has 1 aliphatic rings. The molecule has 2 heterocycles. The zero-order chi connectivity index (χ0) is 11.5. The first-order valence-corrected chi connectivity index (χ1v) is 6.10. The fraction of sp³-hybridized carbons (Fsp3) is 0.455. The van der Waals surface area contributed by atoms with Gasteiger partial charge in [0.2, 0.25) is 5.91 Å². The van der Waals surface area contributed by atoms with E-state index in [1.165, 1.54) is 0 Å². The van der Waals surface area contributed by atoms with Gasteiger partial charge in [0.05, 0.1) is 10.4 Å². The molecule has 0 spiro atoms. The number of anilines is 1. The maximum atomic E-state index is 12.0. The molecular weight excluding hydrogens is 270 g/mol. The average Bonchev–Trinajstić information content (AvgIpc) is 2.68. The number of carbonyl (C=O) groups excluding carboxylic acids is 1. The van der Waals surface area contributed by atoms with Crippen molar-refractivity contribution in [2.45, 2.75) is 6.92 Å². The highest BCUT2D eigenvalue weighted by molar-refractivity contribution is 9.10. The Balaban J connectivity index is 2.05. The molecule has 2 rings (SSSR count). The fourth-order valence-electron chi connectivity index (χ4n) is 1.85. The Hall–Kier alpha value is -0.940. The van der Waals surface area contributed by atoms with Gasteiger partial charge in [-0.15, -0.1) is 0 Å². The molecule has 0 radical (unpaired) electrons. The molecule has 86 valence electrons. The highest BCUT2D eigenvalue weighted by atomic mass is 79.9. The Morgan fingerprint density at radius 2 is 2.44 bits per heavy atom. The molecule has 0 saturated carbocycles. The number of carbonyl (C=O) groups is 1. The number of amides is 1. The van der Waals surface area contributed by atoms with Crippen LogP contribution in [0.5, 0.6) is 0 Å². The van der Waals surface area contributed by atoms with Crippen molar-refractivity contribution in [1.82, 2.24) is 10.3 Å². The average molecular weight is 284 g/mol. The summed E-state index contributed by atoms with van der Waals surface area (Å²) in [5.74, 6) is 1.04. The molecule has 1 aliphatic heterocycles. The van der Waals surface area contributed by atoms with Gasteiger partial charge in [-0.25, -0.2) is 4.98 Å². The third-order valence-corrected chi connectivity index (χ3v) is 3.49. The van der Waals surface area contributed by atoms with E-state index >= 15 is 0 Å². The molecule has 1 aromatic heterocycles. The lowest BCUT2D eigenvalue weighted by Crippen LogP contribution is -2.28. The van der Waals surface area contributed by atoms with Gasteiger partial charge >= 0.3 is 0 Å². The van der Waals surface area contributed by atoms with Gasteiger partial charge in [0, 0.05) is 12.7 Å². The van der Waals surface area contributed by atoms with E-state index in [0.29, 0.717) is 11.7 Å². The normalized spacial score (nSPS) is 24.4. The summed E-state index contributed by atoms with van der Waals surface area (Å²) in [4.78, 5) is 16.1. The smallest absolute Gasteiger partial charge is 0.230 e. The molecule has 0 bridgehead atoms. The predicted octanol–water partition coefficient (Wildman–Crippen LogP) is 1.64. The third-order valence-electron chi connectivity index (χ3n) is 2.85. The number of hydrogen-bond donors (Lipinski definition) is 2. The lowest BCUT2D eigenvalue weighted by atomic mass is 9.97. The van der Waals surface area contributed by atoms with Crippen molar-refractivity contribution < 1.29 is 4.79 Å². The van der Waals surface area contributed by atoms with Gasteiger partial charge in [-0.05, 0) is 40.5 Å². The molecule has 2 unspecified atom stereocenters. The van der Waals surface area contributed by atoms with E-state index < -0.39 is 0 Å². The first-order chi connectivity index (χ1) is 7.68. The molecule has 1 fully saturated rings. The van der Waals surface area contributed by atoms with Crippen LogP contribution in [0.25, 0.3) is 0 Å². The molecule has 0 aliphatic carbocycles. The van der Waals surface area contributed by atoms with Crippen molar-refractivity contribution >= 4 is 27.7 Å². The Bertz CT molecular complexity index is 397. The lowest BCUT2D eigenvalue weighted by Gasteiger charge is -2.14. The second-order valence-electron chi connectivity index (χ2n) is 4.07. The third kappa shape index (κ3) is 2.41. The van der Waals surface area contributed by atoms with Gasteiger partial charge in [0.25, 0.3) is 0 Å². The number of pyridine rings is 1. The van der Waals surface area contributed by atoms with Gasteiger partial charge in [-0.3, -0.25) is 4.79 Å². The van der Waals surface area contributed by atoms with E-state index in [1.54, 1.807) is 6.20 Å². The minimum atomic E-state index is 0.0360. The largest absolute Gasteiger partial charge is 0.316 e. The molecule has 2 N–H and O–H groups in total. The number of rotatable bonds is 2. The maximum absolute atomic E-state index is 12.0. The number of halogens is 1. The molecule has 4 nitrogen and oxygen atoms in total. The van der Waals surface area contributed by atoms with Crippen LogP contribution >= 0.6 is 15.9 Å². The fourth-order valence-corrected chi connectivity index (χ4v) is 2.20. The molecule has 1 saturated heterocycles. The van der Waals surface area contributed by atoms with Crippen LogP contribution in [-0.2, 0) is 4.79 Å². The van der Waals surface area contributed by atoms with Crippen LogP contribution in [0.15, 0.2) is 22.8 Å². The minimum absolute atomic E-state index is 0.0360. The number of nitrogens with zero attached hydrogens (tertiary/aromatic N) is 1. The zero-order valence-corrected chi connectivity index (χ0v) is 10.6. The molecule has 16 heavy (non-hydrogen) atoms. The monoisotopic (exact) mass is 283 g/mol. The summed E-state index contributed by atoms with van der Waals surface area (Å²) >= 11 is 3.36. The number of nitrogens with one attached hydrogen (secondary N) is 2. The summed E-state index contributed by atoms with van der Waals surface area (Å²) in [7, 11) is 0. The van der Waals surface area contributed by atoms with Crippen molar-refractivity contribution in [1.29, 1.82) is 0 Å². The summed E-state index contributed by atoms with van der Waals surface area (Å²) in [6, 6.07) is 3.68. The Kier molecular flexibility index (Phi) is 3.56. The van der Waals surface area contributed by atoms with Crippen LogP contribution < -0.4 is 10.6 Å². The van der Waals surface area contributed by atoms with E-state index in [9.17, 15) is 4.79 Å². The summed E-state index contributed by atoms with van der Waals surface area (Å²) in [6.07, 6.45) is 1.66. The number of hydrogen-bond acceptors (Lipinski definition) is 3. The highest BCUT2D eigenvalue weighted by Crippen LogP contribution is 2.22.